The summed E-state index contributed by atoms with van der Waals surface area (Å²) < 4.78 is 0.925. The molecule has 18 heavy (non-hydrogen) atoms. The number of aryl methyl sites for hydroxylation is 1. The lowest BCUT2D eigenvalue weighted by atomic mass is 10.2. The quantitative estimate of drug-likeness (QED) is 0.896. The maximum absolute atomic E-state index is 9.07. The van der Waals surface area contributed by atoms with Gasteiger partial charge in [-0.3, -0.25) is 0 Å². The third-order valence-corrected chi connectivity index (χ3v) is 4.34. The van der Waals surface area contributed by atoms with Crippen LogP contribution >= 0.6 is 27.3 Å². The molecule has 0 aliphatic heterocycles. The predicted octanol–water partition coefficient (Wildman–Crippen LogP) is 4.56. The van der Waals surface area contributed by atoms with Crippen molar-refractivity contribution in [2.45, 2.75) is 19.9 Å². The van der Waals surface area contributed by atoms with E-state index in [9.17, 15) is 0 Å². The van der Waals surface area contributed by atoms with Crippen LogP contribution in [0.3, 0.4) is 0 Å². The molecule has 0 radical (unpaired) electrons. The van der Waals surface area contributed by atoms with Crippen molar-refractivity contribution in [1.82, 2.24) is 0 Å². The summed E-state index contributed by atoms with van der Waals surface area (Å²) in [4.78, 5) is 2.68. The van der Waals surface area contributed by atoms with Crippen LogP contribution in [0, 0.1) is 11.3 Å². The van der Waals surface area contributed by atoms with Crippen LogP contribution in [0.15, 0.2) is 34.8 Å². The van der Waals surface area contributed by atoms with Gasteiger partial charge in [0.15, 0.2) is 0 Å². The second kappa shape index (κ2) is 6.03. The van der Waals surface area contributed by atoms with Gasteiger partial charge in [0.05, 0.1) is 11.3 Å². The highest BCUT2D eigenvalue weighted by Crippen LogP contribution is 2.22. The molecule has 1 aromatic heterocycles. The highest BCUT2D eigenvalue weighted by atomic mass is 79.9. The summed E-state index contributed by atoms with van der Waals surface area (Å²) in [6.07, 6.45) is 1.08. The largest absolute Gasteiger partial charge is 0.379 e. The molecule has 2 aromatic rings. The number of benzene rings is 1. The van der Waals surface area contributed by atoms with E-state index in [1.807, 2.05) is 29.5 Å². The highest BCUT2D eigenvalue weighted by molar-refractivity contribution is 9.10. The van der Waals surface area contributed by atoms with Crippen molar-refractivity contribution in [3.05, 3.63) is 50.1 Å². The molecule has 4 heteroatoms. The summed E-state index contributed by atoms with van der Waals surface area (Å²) >= 11 is 5.18. The Morgan fingerprint density at radius 1 is 1.28 bits per heavy atom. The van der Waals surface area contributed by atoms with Crippen LogP contribution < -0.4 is 5.32 Å². The molecule has 1 aromatic carbocycles. The first-order valence-electron chi connectivity index (χ1n) is 5.74. The molecular formula is C14H13BrN2S. The molecule has 0 unspecified atom stereocenters. The van der Waals surface area contributed by atoms with Crippen LogP contribution in [0.2, 0.25) is 0 Å². The molecule has 0 aliphatic carbocycles. The first kappa shape index (κ1) is 13.1. The zero-order valence-electron chi connectivity index (χ0n) is 10.0. The number of halogens is 1. The average molecular weight is 321 g/mol. The van der Waals surface area contributed by atoms with Crippen LogP contribution in [0.25, 0.3) is 0 Å². The van der Waals surface area contributed by atoms with Crippen LogP contribution in [0.5, 0.6) is 0 Å². The highest BCUT2D eigenvalue weighted by Gasteiger charge is 2.03. The zero-order chi connectivity index (χ0) is 13.0. The molecule has 0 saturated heterocycles. The first-order chi connectivity index (χ1) is 8.72. The minimum absolute atomic E-state index is 0.664. The van der Waals surface area contributed by atoms with E-state index in [0.29, 0.717) is 5.56 Å². The Balaban J connectivity index is 2.08. The molecule has 0 aliphatic rings. The van der Waals surface area contributed by atoms with E-state index in [1.165, 1.54) is 9.75 Å². The molecule has 1 heterocycles. The number of hydrogen-bond acceptors (Lipinski definition) is 3. The lowest BCUT2D eigenvalue weighted by molar-refractivity contribution is 1.18. The van der Waals surface area contributed by atoms with Crippen LogP contribution in [-0.4, -0.2) is 0 Å². The van der Waals surface area contributed by atoms with Crippen molar-refractivity contribution in [3.8, 4) is 6.07 Å². The van der Waals surface area contributed by atoms with Gasteiger partial charge in [-0.1, -0.05) is 22.9 Å². The van der Waals surface area contributed by atoms with Crippen LogP contribution in [-0.2, 0) is 13.0 Å². The number of nitriles is 1. The van der Waals surface area contributed by atoms with Gasteiger partial charge in [0.25, 0.3) is 0 Å². The summed E-state index contributed by atoms with van der Waals surface area (Å²) in [5, 5.41) is 12.4. The summed E-state index contributed by atoms with van der Waals surface area (Å²) in [7, 11) is 0. The van der Waals surface area contributed by atoms with Gasteiger partial charge >= 0.3 is 0 Å². The van der Waals surface area contributed by atoms with Gasteiger partial charge in [-0.05, 0) is 36.8 Å². The summed E-state index contributed by atoms with van der Waals surface area (Å²) in [6, 6.07) is 12.2. The van der Waals surface area contributed by atoms with E-state index in [4.69, 9.17) is 5.26 Å². The fraction of sp³-hybridized carbons (Fsp3) is 0.214. The standard InChI is InChI=1S/C14H13BrN2S/c1-2-12-4-5-13(18-12)9-17-14-6-3-11(15)7-10(14)8-16/h3-7,17H,2,9H2,1H3. The number of rotatable bonds is 4. The SMILES string of the molecule is CCc1ccc(CNc2ccc(Br)cc2C#N)s1. The maximum Gasteiger partial charge on any atom is 0.101 e. The van der Waals surface area contributed by atoms with E-state index in [2.05, 4.69) is 46.4 Å². The van der Waals surface area contributed by atoms with Crippen molar-refractivity contribution in [2.24, 2.45) is 0 Å². The van der Waals surface area contributed by atoms with Crippen LogP contribution in [0.1, 0.15) is 22.2 Å². The van der Waals surface area contributed by atoms with E-state index >= 15 is 0 Å². The normalized spacial score (nSPS) is 10.1. The van der Waals surface area contributed by atoms with E-state index in [-0.39, 0.29) is 0 Å². The Morgan fingerprint density at radius 3 is 2.72 bits per heavy atom. The molecular weight excluding hydrogens is 308 g/mol. The molecule has 0 fully saturated rings. The lowest BCUT2D eigenvalue weighted by Crippen LogP contribution is -1.99. The minimum Gasteiger partial charge on any atom is -0.379 e. The Labute approximate surface area is 119 Å². The fourth-order valence-corrected chi connectivity index (χ4v) is 2.91. The number of nitrogens with zero attached hydrogens (tertiary/aromatic N) is 1. The summed E-state index contributed by atoms with van der Waals surface area (Å²) in [6.45, 7) is 2.92. The van der Waals surface area contributed by atoms with Crippen molar-refractivity contribution in [3.63, 3.8) is 0 Å². The Kier molecular flexibility index (Phi) is 4.40. The molecule has 2 rings (SSSR count). The van der Waals surface area contributed by atoms with Gasteiger partial charge in [-0.25, -0.2) is 0 Å². The van der Waals surface area contributed by atoms with Crippen molar-refractivity contribution < 1.29 is 0 Å². The molecule has 92 valence electrons. The lowest BCUT2D eigenvalue weighted by Gasteiger charge is -2.07. The smallest absolute Gasteiger partial charge is 0.101 e. The summed E-state index contributed by atoms with van der Waals surface area (Å²) in [5.74, 6) is 0. The van der Waals surface area contributed by atoms with E-state index in [1.54, 1.807) is 0 Å². The third kappa shape index (κ3) is 3.12. The van der Waals surface area contributed by atoms with Crippen LogP contribution in [0.4, 0.5) is 5.69 Å². The molecule has 0 bridgehead atoms. The molecule has 0 spiro atoms. The number of thiophene rings is 1. The molecule has 2 nitrogen and oxygen atoms in total. The fourth-order valence-electron chi connectivity index (χ4n) is 1.65. The minimum atomic E-state index is 0.664. The number of anilines is 1. The second-order valence-electron chi connectivity index (χ2n) is 3.88. The van der Waals surface area contributed by atoms with Gasteiger partial charge < -0.3 is 5.32 Å². The van der Waals surface area contributed by atoms with Crippen molar-refractivity contribution in [2.75, 3.05) is 5.32 Å². The topological polar surface area (TPSA) is 35.8 Å². The van der Waals surface area contributed by atoms with E-state index < -0.39 is 0 Å². The predicted molar refractivity (Wildman–Crippen MR) is 79.9 cm³/mol. The Morgan fingerprint density at radius 2 is 2.06 bits per heavy atom. The Bertz CT molecular complexity index is 584. The average Bonchev–Trinajstić information content (AvgIpc) is 2.85. The summed E-state index contributed by atoms with van der Waals surface area (Å²) in [5.41, 5.74) is 1.55. The first-order valence-corrected chi connectivity index (χ1v) is 7.35. The molecule has 1 N–H and O–H groups in total. The van der Waals surface area contributed by atoms with Gasteiger partial charge in [0.1, 0.15) is 6.07 Å². The number of nitrogens with one attached hydrogen (secondary N) is 1. The van der Waals surface area contributed by atoms with Gasteiger partial charge in [-0.2, -0.15) is 5.26 Å². The molecule has 0 saturated carbocycles. The van der Waals surface area contributed by atoms with Crippen molar-refractivity contribution in [1.29, 1.82) is 5.26 Å². The van der Waals surface area contributed by atoms with Gasteiger partial charge in [0.2, 0.25) is 0 Å². The zero-order valence-corrected chi connectivity index (χ0v) is 12.4. The maximum atomic E-state index is 9.07. The van der Waals surface area contributed by atoms with Gasteiger partial charge in [-0.15, -0.1) is 11.3 Å². The second-order valence-corrected chi connectivity index (χ2v) is 6.05. The Hall–Kier alpha value is -1.31. The van der Waals surface area contributed by atoms with Crippen molar-refractivity contribution >= 4 is 33.0 Å². The van der Waals surface area contributed by atoms with E-state index in [0.717, 1.165) is 23.1 Å². The third-order valence-electron chi connectivity index (χ3n) is 2.62. The molecule has 0 amide bonds. The monoisotopic (exact) mass is 320 g/mol. The van der Waals surface area contributed by atoms with Gasteiger partial charge in [0, 0.05) is 20.8 Å². The number of hydrogen-bond donors (Lipinski definition) is 1. The molecule has 0 atom stereocenters.